The Hall–Kier alpha value is -1.47. The number of likely N-dealkylation sites (N-methyl/N-ethyl adjacent to an activating group) is 1. The van der Waals surface area contributed by atoms with Gasteiger partial charge in [0, 0.05) is 6.54 Å². The number of benzene rings is 1. The van der Waals surface area contributed by atoms with Gasteiger partial charge in [0.2, 0.25) is 0 Å². The zero-order chi connectivity index (χ0) is 14.7. The molecule has 0 atom stereocenters. The van der Waals surface area contributed by atoms with Gasteiger partial charge in [0.1, 0.15) is 10.1 Å². The van der Waals surface area contributed by atoms with E-state index in [0.29, 0.717) is 15.8 Å². The number of hydrogen-bond acceptors (Lipinski definition) is 4. The van der Waals surface area contributed by atoms with Gasteiger partial charge in [-0.2, -0.15) is 8.78 Å². The Kier molecular flexibility index (Phi) is 4.72. The number of hydrogen-bond donors (Lipinski definition) is 0. The third kappa shape index (κ3) is 3.34. The monoisotopic (exact) mass is 315 g/mol. The molecule has 0 radical (unpaired) electrons. The molecule has 0 N–H and O–H groups in total. The van der Waals surface area contributed by atoms with Crippen LogP contribution in [-0.2, 0) is 4.79 Å². The summed E-state index contributed by atoms with van der Waals surface area (Å²) in [6, 6.07) is 6.07. The summed E-state index contributed by atoms with van der Waals surface area (Å²) in [6.45, 7) is -0.463. The van der Waals surface area contributed by atoms with E-state index in [2.05, 4.69) is 4.74 Å². The maximum atomic E-state index is 12.0. The first-order valence-electron chi connectivity index (χ1n) is 5.81. The molecule has 7 heteroatoms. The largest absolute Gasteiger partial charge is 0.435 e. The lowest BCUT2D eigenvalue weighted by molar-refractivity contribution is -0.121. The number of carbonyl (C=O) groups excluding carboxylic acids is 1. The Morgan fingerprint density at radius 3 is 2.55 bits per heavy atom. The molecule has 0 unspecified atom stereocenters. The number of carbonyl (C=O) groups is 1. The van der Waals surface area contributed by atoms with E-state index in [1.54, 1.807) is 18.2 Å². The van der Waals surface area contributed by atoms with Gasteiger partial charge in [0.15, 0.2) is 0 Å². The van der Waals surface area contributed by atoms with Crippen molar-refractivity contribution >= 4 is 40.3 Å². The Balaban J connectivity index is 2.15. The average molecular weight is 315 g/mol. The van der Waals surface area contributed by atoms with Gasteiger partial charge in [0.05, 0.1) is 4.91 Å². The van der Waals surface area contributed by atoms with Crippen LogP contribution >= 0.6 is 24.0 Å². The number of halogens is 2. The fourth-order valence-electron chi connectivity index (χ4n) is 1.67. The topological polar surface area (TPSA) is 29.5 Å². The van der Waals surface area contributed by atoms with Crippen LogP contribution in [0.3, 0.4) is 0 Å². The molecule has 1 amide bonds. The molecule has 1 aromatic rings. The molecule has 1 aliphatic rings. The summed E-state index contributed by atoms with van der Waals surface area (Å²) in [5.41, 5.74) is 0.725. The number of amides is 1. The molecule has 1 aliphatic heterocycles. The first-order chi connectivity index (χ1) is 9.51. The van der Waals surface area contributed by atoms with E-state index < -0.39 is 6.61 Å². The summed E-state index contributed by atoms with van der Waals surface area (Å²) in [7, 11) is 0. The molecule has 0 aliphatic carbocycles. The van der Waals surface area contributed by atoms with Crippen LogP contribution in [0.1, 0.15) is 12.5 Å². The van der Waals surface area contributed by atoms with E-state index in [1.165, 1.54) is 28.8 Å². The van der Waals surface area contributed by atoms with Crippen LogP contribution in [0.25, 0.3) is 6.08 Å². The van der Waals surface area contributed by atoms with Crippen molar-refractivity contribution in [3.8, 4) is 5.75 Å². The highest BCUT2D eigenvalue weighted by molar-refractivity contribution is 8.26. The van der Waals surface area contributed by atoms with Crippen molar-refractivity contribution in [2.24, 2.45) is 0 Å². The van der Waals surface area contributed by atoms with Crippen molar-refractivity contribution in [3.63, 3.8) is 0 Å². The quantitative estimate of drug-likeness (QED) is 0.628. The van der Waals surface area contributed by atoms with Crippen LogP contribution in [-0.4, -0.2) is 28.3 Å². The molecule has 0 spiro atoms. The number of ether oxygens (including phenoxy) is 1. The van der Waals surface area contributed by atoms with Gasteiger partial charge in [-0.15, -0.1) is 0 Å². The standard InChI is InChI=1S/C13H11F2NO2S2/c1-2-16-11(17)10(20-13(16)19)7-8-3-5-9(6-4-8)18-12(14)15/h3-7,12H,2H2,1H3/b10-7+. The van der Waals surface area contributed by atoms with Crippen LogP contribution in [0.2, 0.25) is 0 Å². The van der Waals surface area contributed by atoms with Crippen molar-refractivity contribution in [2.45, 2.75) is 13.5 Å². The van der Waals surface area contributed by atoms with E-state index in [1.807, 2.05) is 6.92 Å². The average Bonchev–Trinajstić information content (AvgIpc) is 2.66. The minimum Gasteiger partial charge on any atom is -0.435 e. The van der Waals surface area contributed by atoms with Crippen LogP contribution in [0, 0.1) is 0 Å². The smallest absolute Gasteiger partial charge is 0.387 e. The molecule has 3 nitrogen and oxygen atoms in total. The molecular weight excluding hydrogens is 304 g/mol. The summed E-state index contributed by atoms with van der Waals surface area (Å²) in [4.78, 5) is 14.0. The van der Waals surface area contributed by atoms with E-state index in [9.17, 15) is 13.6 Å². The zero-order valence-electron chi connectivity index (χ0n) is 10.5. The third-order valence-electron chi connectivity index (χ3n) is 2.59. The summed E-state index contributed by atoms with van der Waals surface area (Å²) in [5.74, 6) is -0.0475. The number of thiocarbonyl (C=S) groups is 1. The molecule has 1 aromatic carbocycles. The van der Waals surface area contributed by atoms with Gasteiger partial charge >= 0.3 is 6.61 Å². The molecule has 20 heavy (non-hydrogen) atoms. The first kappa shape index (κ1) is 14.9. The highest BCUT2D eigenvalue weighted by atomic mass is 32.2. The molecule has 1 heterocycles. The van der Waals surface area contributed by atoms with Crippen LogP contribution in [0.4, 0.5) is 8.78 Å². The van der Waals surface area contributed by atoms with E-state index >= 15 is 0 Å². The number of alkyl halides is 2. The van der Waals surface area contributed by atoms with E-state index in [0.717, 1.165) is 5.56 Å². The second kappa shape index (κ2) is 6.32. The minimum absolute atomic E-state index is 0.0817. The molecule has 0 bridgehead atoms. The fraction of sp³-hybridized carbons (Fsp3) is 0.231. The van der Waals surface area contributed by atoms with Crippen molar-refractivity contribution < 1.29 is 18.3 Å². The molecular formula is C13H11F2NO2S2. The summed E-state index contributed by atoms with van der Waals surface area (Å²) in [6.07, 6.45) is 1.68. The van der Waals surface area contributed by atoms with Crippen LogP contribution in [0.15, 0.2) is 29.2 Å². The number of rotatable bonds is 4. The normalized spacial score (nSPS) is 17.4. The molecule has 1 saturated heterocycles. The van der Waals surface area contributed by atoms with Gasteiger partial charge in [0.25, 0.3) is 5.91 Å². The third-order valence-corrected chi connectivity index (χ3v) is 3.97. The SMILES string of the molecule is CCN1C(=O)/C(=C\c2ccc(OC(F)F)cc2)SC1=S. The highest BCUT2D eigenvalue weighted by Gasteiger charge is 2.30. The van der Waals surface area contributed by atoms with Crippen molar-refractivity contribution in [2.75, 3.05) is 6.54 Å². The number of thioether (sulfide) groups is 1. The fourth-order valence-corrected chi connectivity index (χ4v) is 3.05. The number of nitrogens with zero attached hydrogens (tertiary/aromatic N) is 1. The van der Waals surface area contributed by atoms with Crippen LogP contribution in [0.5, 0.6) is 5.75 Å². The molecule has 0 saturated carbocycles. The van der Waals surface area contributed by atoms with E-state index in [-0.39, 0.29) is 11.7 Å². The molecule has 0 aromatic heterocycles. The molecule has 2 rings (SSSR count). The minimum atomic E-state index is -2.85. The molecule has 106 valence electrons. The summed E-state index contributed by atoms with van der Waals surface area (Å²) >= 11 is 6.34. The van der Waals surface area contributed by atoms with Crippen molar-refractivity contribution in [3.05, 3.63) is 34.7 Å². The maximum absolute atomic E-state index is 12.0. The summed E-state index contributed by atoms with van der Waals surface area (Å²) < 4.78 is 28.8. The van der Waals surface area contributed by atoms with Gasteiger partial charge in [-0.1, -0.05) is 36.1 Å². The Bertz CT molecular complexity index is 558. The predicted octanol–water partition coefficient (Wildman–Crippen LogP) is 3.51. The Labute approximate surface area is 124 Å². The van der Waals surface area contributed by atoms with Crippen molar-refractivity contribution in [1.82, 2.24) is 4.90 Å². The predicted molar refractivity (Wildman–Crippen MR) is 78.6 cm³/mol. The van der Waals surface area contributed by atoms with Crippen molar-refractivity contribution in [1.29, 1.82) is 0 Å². The van der Waals surface area contributed by atoms with Gasteiger partial charge in [-0.3, -0.25) is 9.69 Å². The van der Waals surface area contributed by atoms with Crippen LogP contribution < -0.4 is 4.74 Å². The lowest BCUT2D eigenvalue weighted by Gasteiger charge is -2.09. The lowest BCUT2D eigenvalue weighted by atomic mass is 10.2. The van der Waals surface area contributed by atoms with E-state index in [4.69, 9.17) is 12.2 Å². The second-order valence-electron chi connectivity index (χ2n) is 3.87. The highest BCUT2D eigenvalue weighted by Crippen LogP contribution is 2.32. The van der Waals surface area contributed by atoms with Gasteiger partial charge in [-0.05, 0) is 30.7 Å². The second-order valence-corrected chi connectivity index (χ2v) is 5.55. The lowest BCUT2D eigenvalue weighted by Crippen LogP contribution is -2.27. The Morgan fingerprint density at radius 1 is 1.40 bits per heavy atom. The summed E-state index contributed by atoms with van der Waals surface area (Å²) in [5, 5.41) is 0. The first-order valence-corrected chi connectivity index (χ1v) is 7.04. The zero-order valence-corrected chi connectivity index (χ0v) is 12.1. The Morgan fingerprint density at radius 2 is 2.05 bits per heavy atom. The van der Waals surface area contributed by atoms with Gasteiger partial charge in [-0.25, -0.2) is 0 Å². The maximum Gasteiger partial charge on any atom is 0.387 e. The van der Waals surface area contributed by atoms with Gasteiger partial charge < -0.3 is 4.74 Å². The molecule has 1 fully saturated rings.